The molecule has 18 heavy (non-hydrogen) atoms. The van der Waals surface area contributed by atoms with Crippen molar-refractivity contribution in [3.05, 3.63) is 29.6 Å². The minimum absolute atomic E-state index is 0.233. The van der Waals surface area contributed by atoms with E-state index in [9.17, 15) is 9.50 Å². The fourth-order valence-electron chi connectivity index (χ4n) is 2.35. The summed E-state index contributed by atoms with van der Waals surface area (Å²) in [5.41, 5.74) is 0.619. The first-order chi connectivity index (χ1) is 8.77. The van der Waals surface area contributed by atoms with Crippen LogP contribution >= 0.6 is 0 Å². The first kappa shape index (κ1) is 13.3. The predicted octanol–water partition coefficient (Wildman–Crippen LogP) is 2.11. The van der Waals surface area contributed by atoms with Crippen LogP contribution in [0.25, 0.3) is 0 Å². The number of piperidine rings is 1. The molecule has 0 atom stereocenters. The van der Waals surface area contributed by atoms with Gasteiger partial charge in [0.15, 0.2) is 11.6 Å². The fourth-order valence-corrected chi connectivity index (χ4v) is 2.35. The van der Waals surface area contributed by atoms with Crippen LogP contribution < -0.4 is 5.32 Å². The van der Waals surface area contributed by atoms with Crippen LogP contribution in [0.2, 0.25) is 0 Å². The van der Waals surface area contributed by atoms with E-state index in [1.165, 1.54) is 38.4 Å². The van der Waals surface area contributed by atoms with Gasteiger partial charge in [0.25, 0.3) is 0 Å². The molecule has 2 rings (SSSR count). The Bertz CT molecular complexity index is 378. The molecule has 1 aromatic rings. The number of nitrogens with zero attached hydrogens (tertiary/aromatic N) is 1. The Balaban J connectivity index is 1.70. The minimum Gasteiger partial charge on any atom is -0.505 e. The molecule has 0 bridgehead atoms. The Kier molecular flexibility index (Phi) is 4.96. The summed E-state index contributed by atoms with van der Waals surface area (Å²) < 4.78 is 13.1. The molecule has 1 fully saturated rings. The monoisotopic (exact) mass is 252 g/mol. The van der Waals surface area contributed by atoms with Gasteiger partial charge < -0.3 is 15.3 Å². The third kappa shape index (κ3) is 3.68. The summed E-state index contributed by atoms with van der Waals surface area (Å²) in [6.07, 6.45) is 3.94. The molecular formula is C14H21FN2O. The molecule has 0 unspecified atom stereocenters. The highest BCUT2D eigenvalue weighted by Crippen LogP contribution is 2.20. The van der Waals surface area contributed by atoms with E-state index in [1.54, 1.807) is 12.1 Å². The lowest BCUT2D eigenvalue weighted by Gasteiger charge is -2.26. The van der Waals surface area contributed by atoms with Gasteiger partial charge in [-0.05, 0) is 32.0 Å². The van der Waals surface area contributed by atoms with Crippen molar-refractivity contribution >= 4 is 0 Å². The number of benzene rings is 1. The second-order valence-electron chi connectivity index (χ2n) is 4.83. The molecule has 0 aromatic heterocycles. The van der Waals surface area contributed by atoms with E-state index >= 15 is 0 Å². The lowest BCUT2D eigenvalue weighted by molar-refractivity contribution is 0.229. The van der Waals surface area contributed by atoms with Crippen LogP contribution in [0, 0.1) is 5.82 Å². The molecule has 1 saturated heterocycles. The van der Waals surface area contributed by atoms with Gasteiger partial charge in [0.2, 0.25) is 0 Å². The Morgan fingerprint density at radius 3 is 2.78 bits per heavy atom. The van der Waals surface area contributed by atoms with E-state index in [1.807, 2.05) is 0 Å². The number of rotatable bonds is 5. The number of nitrogens with one attached hydrogen (secondary N) is 1. The van der Waals surface area contributed by atoms with Gasteiger partial charge in [0.1, 0.15) is 0 Å². The molecule has 0 radical (unpaired) electrons. The van der Waals surface area contributed by atoms with Crippen molar-refractivity contribution in [1.82, 2.24) is 10.2 Å². The molecule has 3 nitrogen and oxygen atoms in total. The average Bonchev–Trinajstić information content (AvgIpc) is 2.40. The molecule has 0 aliphatic carbocycles. The molecule has 0 spiro atoms. The van der Waals surface area contributed by atoms with E-state index in [0.717, 1.165) is 13.1 Å². The number of halogens is 1. The summed E-state index contributed by atoms with van der Waals surface area (Å²) in [5.74, 6) is -0.784. The zero-order valence-corrected chi connectivity index (χ0v) is 10.7. The molecule has 1 aliphatic rings. The number of likely N-dealkylation sites (tertiary alicyclic amines) is 1. The summed E-state index contributed by atoms with van der Waals surface area (Å²) in [6, 6.07) is 4.63. The predicted molar refractivity (Wildman–Crippen MR) is 70.1 cm³/mol. The van der Waals surface area contributed by atoms with Gasteiger partial charge in [-0.15, -0.1) is 0 Å². The molecule has 0 amide bonds. The van der Waals surface area contributed by atoms with Crippen LogP contribution in [-0.4, -0.2) is 36.2 Å². The van der Waals surface area contributed by atoms with Gasteiger partial charge in [-0.2, -0.15) is 0 Å². The van der Waals surface area contributed by atoms with Gasteiger partial charge in [-0.25, -0.2) is 4.39 Å². The van der Waals surface area contributed by atoms with Crippen LogP contribution in [0.1, 0.15) is 24.8 Å². The van der Waals surface area contributed by atoms with E-state index < -0.39 is 5.82 Å². The first-order valence-electron chi connectivity index (χ1n) is 6.67. The second kappa shape index (κ2) is 6.71. The van der Waals surface area contributed by atoms with Crippen molar-refractivity contribution in [2.75, 3.05) is 26.2 Å². The smallest absolute Gasteiger partial charge is 0.165 e. The topological polar surface area (TPSA) is 35.5 Å². The standard InChI is InChI=1S/C14H21FN2O/c15-13-6-4-5-12(14(13)18)11-16-7-10-17-8-2-1-3-9-17/h4-6,16,18H,1-3,7-11H2. The van der Waals surface area contributed by atoms with Crippen molar-refractivity contribution in [1.29, 1.82) is 0 Å². The van der Waals surface area contributed by atoms with Gasteiger partial charge in [-0.3, -0.25) is 0 Å². The van der Waals surface area contributed by atoms with Crippen molar-refractivity contribution in [2.24, 2.45) is 0 Å². The molecule has 4 heteroatoms. The molecule has 100 valence electrons. The van der Waals surface area contributed by atoms with Crippen LogP contribution in [-0.2, 0) is 6.54 Å². The highest BCUT2D eigenvalue weighted by molar-refractivity contribution is 5.33. The van der Waals surface area contributed by atoms with E-state index in [0.29, 0.717) is 12.1 Å². The number of aromatic hydroxyl groups is 1. The molecule has 0 saturated carbocycles. The van der Waals surface area contributed by atoms with Gasteiger partial charge >= 0.3 is 0 Å². The maximum Gasteiger partial charge on any atom is 0.165 e. The second-order valence-corrected chi connectivity index (χ2v) is 4.83. The molecule has 2 N–H and O–H groups in total. The van der Waals surface area contributed by atoms with Gasteiger partial charge in [0, 0.05) is 25.2 Å². The third-order valence-electron chi connectivity index (χ3n) is 3.44. The highest BCUT2D eigenvalue weighted by Gasteiger charge is 2.09. The number of phenolic OH excluding ortho intramolecular Hbond substituents is 1. The largest absolute Gasteiger partial charge is 0.505 e. The molecule has 1 aliphatic heterocycles. The lowest BCUT2D eigenvalue weighted by atomic mass is 10.1. The van der Waals surface area contributed by atoms with E-state index in [-0.39, 0.29) is 5.75 Å². The lowest BCUT2D eigenvalue weighted by Crippen LogP contribution is -2.35. The average molecular weight is 252 g/mol. The van der Waals surface area contributed by atoms with Crippen LogP contribution in [0.15, 0.2) is 18.2 Å². The highest BCUT2D eigenvalue weighted by atomic mass is 19.1. The molecular weight excluding hydrogens is 231 g/mol. The minimum atomic E-state index is -0.551. The summed E-state index contributed by atoms with van der Waals surface area (Å²) in [5, 5.41) is 12.8. The number of hydrogen-bond acceptors (Lipinski definition) is 3. The SMILES string of the molecule is Oc1c(F)cccc1CNCCN1CCCCC1. The zero-order valence-electron chi connectivity index (χ0n) is 10.7. The van der Waals surface area contributed by atoms with Crippen molar-refractivity contribution < 1.29 is 9.50 Å². The number of phenols is 1. The van der Waals surface area contributed by atoms with Crippen molar-refractivity contribution in [3.63, 3.8) is 0 Å². The third-order valence-corrected chi connectivity index (χ3v) is 3.44. The van der Waals surface area contributed by atoms with Gasteiger partial charge in [0.05, 0.1) is 0 Å². The van der Waals surface area contributed by atoms with Crippen molar-refractivity contribution in [3.8, 4) is 5.75 Å². The fraction of sp³-hybridized carbons (Fsp3) is 0.571. The Labute approximate surface area is 108 Å². The van der Waals surface area contributed by atoms with E-state index in [4.69, 9.17) is 0 Å². The van der Waals surface area contributed by atoms with E-state index in [2.05, 4.69) is 10.2 Å². The number of para-hydroxylation sites is 1. The first-order valence-corrected chi connectivity index (χ1v) is 6.67. The van der Waals surface area contributed by atoms with Crippen molar-refractivity contribution in [2.45, 2.75) is 25.8 Å². The summed E-state index contributed by atoms with van der Waals surface area (Å²) in [4.78, 5) is 2.45. The Morgan fingerprint density at radius 1 is 1.22 bits per heavy atom. The van der Waals surface area contributed by atoms with Gasteiger partial charge in [-0.1, -0.05) is 18.6 Å². The quantitative estimate of drug-likeness (QED) is 0.788. The van der Waals surface area contributed by atoms with Crippen LogP contribution in [0.5, 0.6) is 5.75 Å². The summed E-state index contributed by atoms with van der Waals surface area (Å²) in [7, 11) is 0. The molecule has 1 heterocycles. The Morgan fingerprint density at radius 2 is 2.00 bits per heavy atom. The summed E-state index contributed by atoms with van der Waals surface area (Å²) >= 11 is 0. The number of hydrogen-bond donors (Lipinski definition) is 2. The zero-order chi connectivity index (χ0) is 12.8. The Hall–Kier alpha value is -1.13. The van der Waals surface area contributed by atoms with Crippen LogP contribution in [0.3, 0.4) is 0 Å². The maximum absolute atomic E-state index is 13.1. The maximum atomic E-state index is 13.1. The summed E-state index contributed by atoms with van der Waals surface area (Å²) in [6.45, 7) is 4.78. The van der Waals surface area contributed by atoms with Crippen LogP contribution in [0.4, 0.5) is 4.39 Å². The molecule has 1 aromatic carbocycles. The normalized spacial score (nSPS) is 16.9.